The molecule has 0 atom stereocenters. The van der Waals surface area contributed by atoms with Crippen molar-refractivity contribution >= 4 is 11.6 Å². The zero-order valence-corrected chi connectivity index (χ0v) is 12.2. The van der Waals surface area contributed by atoms with Crippen LogP contribution in [0, 0.1) is 0 Å². The van der Waals surface area contributed by atoms with Crippen molar-refractivity contribution in [2.45, 2.75) is 13.1 Å². The van der Waals surface area contributed by atoms with Crippen molar-refractivity contribution in [2.75, 3.05) is 26.2 Å². The minimum absolute atomic E-state index is 0.699. The highest BCUT2D eigenvalue weighted by molar-refractivity contribution is 6.30. The first-order valence-corrected chi connectivity index (χ1v) is 7.35. The number of halogens is 1. The molecule has 20 heavy (non-hydrogen) atoms. The Kier molecular flexibility index (Phi) is 4.35. The van der Waals surface area contributed by atoms with E-state index in [2.05, 4.69) is 31.9 Å². The van der Waals surface area contributed by atoms with Gasteiger partial charge in [-0.15, -0.1) is 0 Å². The average molecular weight is 291 g/mol. The fourth-order valence-electron chi connectivity index (χ4n) is 2.54. The lowest BCUT2D eigenvalue weighted by Crippen LogP contribution is -2.45. The number of piperazine rings is 1. The molecule has 1 N–H and O–H groups in total. The highest BCUT2D eigenvalue weighted by Gasteiger charge is 2.17. The molecule has 0 bridgehead atoms. The number of hydrogen-bond acceptors (Lipinski definition) is 3. The van der Waals surface area contributed by atoms with E-state index in [0.29, 0.717) is 5.02 Å². The number of aromatic nitrogens is 2. The van der Waals surface area contributed by atoms with Gasteiger partial charge in [0.05, 0.1) is 10.7 Å². The van der Waals surface area contributed by atoms with Crippen LogP contribution in [0.25, 0.3) is 0 Å². The van der Waals surface area contributed by atoms with Gasteiger partial charge in [-0.25, -0.2) is 0 Å². The first kappa shape index (κ1) is 13.6. The van der Waals surface area contributed by atoms with Crippen LogP contribution in [-0.2, 0) is 13.1 Å². The highest BCUT2D eigenvalue weighted by Crippen LogP contribution is 2.11. The zero-order valence-electron chi connectivity index (χ0n) is 11.4. The molecule has 0 aliphatic carbocycles. The summed E-state index contributed by atoms with van der Waals surface area (Å²) < 4.78 is 0. The van der Waals surface area contributed by atoms with Crippen LogP contribution in [0.15, 0.2) is 36.7 Å². The summed E-state index contributed by atoms with van der Waals surface area (Å²) in [5.41, 5.74) is 2.38. The summed E-state index contributed by atoms with van der Waals surface area (Å²) in [6.45, 7) is 6.31. The predicted octanol–water partition coefficient (Wildman–Crippen LogP) is 2.38. The van der Waals surface area contributed by atoms with E-state index in [1.54, 1.807) is 6.20 Å². The van der Waals surface area contributed by atoms with E-state index in [1.165, 1.54) is 5.69 Å². The average Bonchev–Trinajstić information content (AvgIpc) is 2.96. The first-order chi connectivity index (χ1) is 9.79. The Hall–Kier alpha value is -1.36. The number of hydrogen-bond donors (Lipinski definition) is 1. The molecule has 5 heteroatoms. The van der Waals surface area contributed by atoms with Crippen LogP contribution in [0.3, 0.4) is 0 Å². The van der Waals surface area contributed by atoms with E-state index in [9.17, 15) is 0 Å². The lowest BCUT2D eigenvalue weighted by molar-refractivity contribution is 0.120. The van der Waals surface area contributed by atoms with Crippen molar-refractivity contribution in [3.05, 3.63) is 53.1 Å². The van der Waals surface area contributed by atoms with Crippen LogP contribution >= 0.6 is 11.6 Å². The molecular formula is C15H19ClN4. The standard InChI is InChI=1S/C15H19ClN4/c16-13-3-4-15(18-10-13)12-20-8-6-19(7-9-20)11-14-2-1-5-17-14/h1-5,10,17H,6-9,11-12H2. The topological polar surface area (TPSA) is 35.2 Å². The van der Waals surface area contributed by atoms with Gasteiger partial charge in [0, 0.05) is 57.4 Å². The van der Waals surface area contributed by atoms with E-state index >= 15 is 0 Å². The predicted molar refractivity (Wildman–Crippen MR) is 80.6 cm³/mol. The van der Waals surface area contributed by atoms with E-state index in [-0.39, 0.29) is 0 Å². The van der Waals surface area contributed by atoms with Crippen molar-refractivity contribution in [3.63, 3.8) is 0 Å². The van der Waals surface area contributed by atoms with Gasteiger partial charge in [0.25, 0.3) is 0 Å². The largest absolute Gasteiger partial charge is 0.364 e. The van der Waals surface area contributed by atoms with Gasteiger partial charge in [0.1, 0.15) is 0 Å². The minimum atomic E-state index is 0.699. The van der Waals surface area contributed by atoms with Crippen LogP contribution in [-0.4, -0.2) is 45.9 Å². The molecule has 4 nitrogen and oxygen atoms in total. The molecular weight excluding hydrogens is 272 g/mol. The molecule has 1 saturated heterocycles. The summed E-state index contributed by atoms with van der Waals surface area (Å²) in [5, 5.41) is 0.699. The minimum Gasteiger partial charge on any atom is -0.364 e. The Morgan fingerprint density at radius 3 is 2.40 bits per heavy atom. The fourth-order valence-corrected chi connectivity index (χ4v) is 2.65. The van der Waals surface area contributed by atoms with Crippen LogP contribution in [0.5, 0.6) is 0 Å². The Morgan fingerprint density at radius 2 is 1.80 bits per heavy atom. The maximum atomic E-state index is 5.86. The molecule has 0 radical (unpaired) electrons. The lowest BCUT2D eigenvalue weighted by Gasteiger charge is -2.34. The summed E-state index contributed by atoms with van der Waals surface area (Å²) in [7, 11) is 0. The fraction of sp³-hybridized carbons (Fsp3) is 0.400. The second-order valence-corrected chi connectivity index (χ2v) is 5.65. The van der Waals surface area contributed by atoms with Crippen molar-refractivity contribution in [3.8, 4) is 0 Å². The van der Waals surface area contributed by atoms with Gasteiger partial charge in [0.2, 0.25) is 0 Å². The van der Waals surface area contributed by atoms with Crippen molar-refractivity contribution < 1.29 is 0 Å². The van der Waals surface area contributed by atoms with Gasteiger partial charge in [-0.05, 0) is 24.3 Å². The molecule has 0 saturated carbocycles. The monoisotopic (exact) mass is 290 g/mol. The molecule has 0 amide bonds. The van der Waals surface area contributed by atoms with Gasteiger partial charge in [0.15, 0.2) is 0 Å². The third kappa shape index (κ3) is 3.60. The lowest BCUT2D eigenvalue weighted by atomic mass is 10.2. The van der Waals surface area contributed by atoms with E-state index in [1.807, 2.05) is 18.3 Å². The molecule has 0 spiro atoms. The van der Waals surface area contributed by atoms with Crippen LogP contribution in [0.4, 0.5) is 0 Å². The molecule has 106 valence electrons. The molecule has 3 rings (SSSR count). The van der Waals surface area contributed by atoms with Gasteiger partial charge >= 0.3 is 0 Å². The third-order valence-corrected chi connectivity index (χ3v) is 3.92. The van der Waals surface area contributed by atoms with Crippen molar-refractivity contribution in [2.24, 2.45) is 0 Å². The number of pyridine rings is 1. The van der Waals surface area contributed by atoms with Crippen LogP contribution in [0.1, 0.15) is 11.4 Å². The SMILES string of the molecule is Clc1ccc(CN2CCN(Cc3ccc[nH]3)CC2)nc1. The van der Waals surface area contributed by atoms with Gasteiger partial charge in [-0.2, -0.15) is 0 Å². The van der Waals surface area contributed by atoms with E-state index in [0.717, 1.165) is 45.0 Å². The number of H-pyrrole nitrogens is 1. The Morgan fingerprint density at radius 1 is 1.05 bits per heavy atom. The highest BCUT2D eigenvalue weighted by atomic mass is 35.5. The van der Waals surface area contributed by atoms with Gasteiger partial charge < -0.3 is 4.98 Å². The maximum absolute atomic E-state index is 5.86. The van der Waals surface area contributed by atoms with E-state index in [4.69, 9.17) is 11.6 Å². The van der Waals surface area contributed by atoms with Gasteiger partial charge in [-0.1, -0.05) is 11.6 Å². The molecule has 2 aromatic rings. The normalized spacial score (nSPS) is 17.4. The molecule has 3 heterocycles. The second-order valence-electron chi connectivity index (χ2n) is 5.22. The summed E-state index contributed by atoms with van der Waals surface area (Å²) in [6.07, 6.45) is 3.70. The van der Waals surface area contributed by atoms with Crippen LogP contribution < -0.4 is 0 Å². The second kappa shape index (κ2) is 6.39. The van der Waals surface area contributed by atoms with Crippen molar-refractivity contribution in [1.82, 2.24) is 19.8 Å². The Bertz CT molecular complexity index is 515. The number of rotatable bonds is 4. The maximum Gasteiger partial charge on any atom is 0.0589 e. The summed E-state index contributed by atoms with van der Waals surface area (Å²) in [5.74, 6) is 0. The smallest absolute Gasteiger partial charge is 0.0589 e. The summed E-state index contributed by atoms with van der Waals surface area (Å²) in [4.78, 5) is 12.6. The molecule has 2 aromatic heterocycles. The molecule has 1 aliphatic heterocycles. The zero-order chi connectivity index (χ0) is 13.8. The third-order valence-electron chi connectivity index (χ3n) is 3.70. The summed E-state index contributed by atoms with van der Waals surface area (Å²) >= 11 is 5.86. The Labute approximate surface area is 124 Å². The quantitative estimate of drug-likeness (QED) is 0.939. The number of nitrogens with one attached hydrogen (secondary N) is 1. The van der Waals surface area contributed by atoms with Gasteiger partial charge in [-0.3, -0.25) is 14.8 Å². The summed E-state index contributed by atoms with van der Waals surface area (Å²) in [6, 6.07) is 8.11. The molecule has 0 aromatic carbocycles. The molecule has 0 unspecified atom stereocenters. The number of aromatic amines is 1. The van der Waals surface area contributed by atoms with Crippen molar-refractivity contribution in [1.29, 1.82) is 0 Å². The molecule has 1 aliphatic rings. The number of nitrogens with zero attached hydrogens (tertiary/aromatic N) is 3. The van der Waals surface area contributed by atoms with E-state index < -0.39 is 0 Å². The first-order valence-electron chi connectivity index (χ1n) is 6.97. The molecule has 1 fully saturated rings. The van der Waals surface area contributed by atoms with Crippen LogP contribution in [0.2, 0.25) is 5.02 Å². The Balaban J connectivity index is 1.47.